The van der Waals surface area contributed by atoms with Gasteiger partial charge in [-0.05, 0) is 47.5 Å². The summed E-state index contributed by atoms with van der Waals surface area (Å²) < 4.78 is 6.18. The van der Waals surface area contributed by atoms with E-state index in [1.54, 1.807) is 25.1 Å². The summed E-state index contributed by atoms with van der Waals surface area (Å²) in [6.07, 6.45) is 2.48. The summed E-state index contributed by atoms with van der Waals surface area (Å²) >= 11 is 9.15. The number of carbonyl (C=O) groups excluding carboxylic acids is 2. The number of hydrogen-bond acceptors (Lipinski definition) is 3. The summed E-state index contributed by atoms with van der Waals surface area (Å²) in [6.45, 7) is 3.66. The molecule has 0 spiro atoms. The number of halogens is 2. The van der Waals surface area contributed by atoms with E-state index in [0.717, 1.165) is 19.3 Å². The van der Waals surface area contributed by atoms with Crippen molar-refractivity contribution in [1.82, 2.24) is 10.9 Å². The molecule has 0 heterocycles. The normalized spacial score (nSPS) is 11.6. The van der Waals surface area contributed by atoms with Crippen LogP contribution in [0.2, 0.25) is 5.02 Å². The number of hydrogen-bond donors (Lipinski definition) is 2. The second kappa shape index (κ2) is 9.69. The second-order valence-electron chi connectivity index (χ2n) is 4.83. The fourth-order valence-corrected chi connectivity index (χ4v) is 2.42. The zero-order chi connectivity index (χ0) is 16.5. The lowest BCUT2D eigenvalue weighted by Gasteiger charge is -2.16. The van der Waals surface area contributed by atoms with Gasteiger partial charge in [0, 0.05) is 11.4 Å². The molecule has 1 aromatic rings. The average Bonchev–Trinajstić information content (AvgIpc) is 2.47. The highest BCUT2D eigenvalue weighted by Crippen LogP contribution is 2.28. The maximum Gasteiger partial charge on any atom is 0.279 e. The van der Waals surface area contributed by atoms with Crippen molar-refractivity contribution < 1.29 is 14.3 Å². The van der Waals surface area contributed by atoms with Gasteiger partial charge in [0.1, 0.15) is 5.75 Å². The maximum atomic E-state index is 11.9. The van der Waals surface area contributed by atoms with Crippen LogP contribution in [0.5, 0.6) is 5.75 Å². The number of carbonyl (C=O) groups is 2. The van der Waals surface area contributed by atoms with Crippen molar-refractivity contribution in [3.63, 3.8) is 0 Å². The Labute approximate surface area is 143 Å². The third-order valence-corrected chi connectivity index (χ3v) is 3.75. The first kappa shape index (κ1) is 18.8. The number of nitrogens with one attached hydrogen (secondary N) is 2. The van der Waals surface area contributed by atoms with Gasteiger partial charge >= 0.3 is 0 Å². The third kappa shape index (κ3) is 6.66. The fourth-order valence-electron chi connectivity index (χ4n) is 1.65. The number of benzene rings is 1. The van der Waals surface area contributed by atoms with Gasteiger partial charge in [0.15, 0.2) is 6.10 Å². The Balaban J connectivity index is 2.40. The maximum absolute atomic E-state index is 11.9. The third-order valence-electron chi connectivity index (χ3n) is 2.90. The zero-order valence-electron chi connectivity index (χ0n) is 12.6. The van der Waals surface area contributed by atoms with Gasteiger partial charge in [0.25, 0.3) is 5.91 Å². The first-order valence-electron chi connectivity index (χ1n) is 7.14. The lowest BCUT2D eigenvalue weighted by atomic mass is 10.2. The van der Waals surface area contributed by atoms with Crippen LogP contribution in [-0.2, 0) is 9.59 Å². The summed E-state index contributed by atoms with van der Waals surface area (Å²) in [5.41, 5.74) is 4.74. The molecule has 0 aromatic heterocycles. The Morgan fingerprint density at radius 2 is 2.05 bits per heavy atom. The minimum absolute atomic E-state index is 0.207. The molecule has 2 amide bonds. The van der Waals surface area contributed by atoms with E-state index >= 15 is 0 Å². The van der Waals surface area contributed by atoms with Crippen LogP contribution in [0.3, 0.4) is 0 Å². The smallest absolute Gasteiger partial charge is 0.279 e. The number of rotatable bonds is 7. The highest BCUT2D eigenvalue weighted by Gasteiger charge is 2.16. The lowest BCUT2D eigenvalue weighted by Crippen LogP contribution is -2.47. The van der Waals surface area contributed by atoms with Gasteiger partial charge in [0.05, 0.1) is 4.47 Å². The highest BCUT2D eigenvalue weighted by atomic mass is 79.9. The molecule has 0 aliphatic carbocycles. The van der Waals surface area contributed by atoms with Crippen LogP contribution in [0, 0.1) is 0 Å². The Morgan fingerprint density at radius 3 is 2.68 bits per heavy atom. The molecule has 1 rings (SSSR count). The van der Waals surface area contributed by atoms with Crippen molar-refractivity contribution in [2.24, 2.45) is 0 Å². The van der Waals surface area contributed by atoms with E-state index in [9.17, 15) is 9.59 Å². The van der Waals surface area contributed by atoms with E-state index in [-0.39, 0.29) is 5.91 Å². The van der Waals surface area contributed by atoms with E-state index in [4.69, 9.17) is 16.3 Å². The molecule has 0 saturated carbocycles. The Morgan fingerprint density at radius 1 is 1.32 bits per heavy atom. The molecule has 1 aromatic carbocycles. The monoisotopic (exact) mass is 390 g/mol. The summed E-state index contributed by atoms with van der Waals surface area (Å²) in [4.78, 5) is 23.4. The molecule has 0 bridgehead atoms. The molecule has 0 radical (unpaired) electrons. The molecular formula is C15H20BrClN2O3. The molecular weight excluding hydrogens is 372 g/mol. The summed E-state index contributed by atoms with van der Waals surface area (Å²) in [5.74, 6) is -0.131. The zero-order valence-corrected chi connectivity index (χ0v) is 15.0. The van der Waals surface area contributed by atoms with Gasteiger partial charge in [-0.15, -0.1) is 0 Å². The fraction of sp³-hybridized carbons (Fsp3) is 0.467. The predicted octanol–water partition coefficient (Wildman–Crippen LogP) is 3.60. The summed E-state index contributed by atoms with van der Waals surface area (Å²) in [6, 6.07) is 5.01. The van der Waals surface area contributed by atoms with E-state index < -0.39 is 12.0 Å². The van der Waals surface area contributed by atoms with Gasteiger partial charge in [-0.25, -0.2) is 0 Å². The van der Waals surface area contributed by atoms with Crippen molar-refractivity contribution in [2.45, 2.75) is 45.6 Å². The van der Waals surface area contributed by atoms with Crippen molar-refractivity contribution in [2.75, 3.05) is 0 Å². The molecule has 0 saturated heterocycles. The molecule has 7 heteroatoms. The summed E-state index contributed by atoms with van der Waals surface area (Å²) in [5, 5.41) is 0.565. The minimum Gasteiger partial charge on any atom is -0.480 e. The van der Waals surface area contributed by atoms with E-state index in [0.29, 0.717) is 21.7 Å². The van der Waals surface area contributed by atoms with Crippen LogP contribution < -0.4 is 15.6 Å². The second-order valence-corrected chi connectivity index (χ2v) is 6.12. The first-order valence-corrected chi connectivity index (χ1v) is 8.31. The predicted molar refractivity (Wildman–Crippen MR) is 89.7 cm³/mol. The van der Waals surface area contributed by atoms with Crippen molar-refractivity contribution in [3.8, 4) is 5.75 Å². The number of amides is 2. The van der Waals surface area contributed by atoms with E-state index in [1.807, 2.05) is 0 Å². The van der Waals surface area contributed by atoms with Crippen molar-refractivity contribution in [3.05, 3.63) is 27.7 Å². The largest absolute Gasteiger partial charge is 0.480 e. The first-order chi connectivity index (χ1) is 10.4. The Bertz CT molecular complexity index is 526. The quantitative estimate of drug-likeness (QED) is 0.551. The minimum atomic E-state index is -0.756. The topological polar surface area (TPSA) is 67.4 Å². The molecule has 0 aliphatic rings. The van der Waals surface area contributed by atoms with Gasteiger partial charge in [-0.2, -0.15) is 0 Å². The molecule has 1 unspecified atom stereocenters. The molecule has 1 atom stereocenters. The number of ether oxygens (including phenoxy) is 1. The van der Waals surface area contributed by atoms with Gasteiger partial charge < -0.3 is 4.74 Å². The Kier molecular flexibility index (Phi) is 8.27. The van der Waals surface area contributed by atoms with Crippen LogP contribution in [0.4, 0.5) is 0 Å². The average molecular weight is 392 g/mol. The van der Waals surface area contributed by atoms with Crippen molar-refractivity contribution in [1.29, 1.82) is 0 Å². The van der Waals surface area contributed by atoms with Gasteiger partial charge in [-0.3, -0.25) is 20.4 Å². The number of unbranched alkanes of at least 4 members (excludes halogenated alkanes) is 2. The van der Waals surface area contributed by atoms with Crippen LogP contribution >= 0.6 is 27.5 Å². The van der Waals surface area contributed by atoms with Crippen LogP contribution in [-0.4, -0.2) is 17.9 Å². The van der Waals surface area contributed by atoms with Gasteiger partial charge in [0.2, 0.25) is 5.91 Å². The molecule has 0 fully saturated rings. The SMILES string of the molecule is CCCCCC(=O)NNC(=O)C(C)Oc1ccc(Cl)cc1Br. The van der Waals surface area contributed by atoms with Crippen LogP contribution in [0.1, 0.15) is 39.5 Å². The van der Waals surface area contributed by atoms with Gasteiger partial charge in [-0.1, -0.05) is 31.4 Å². The van der Waals surface area contributed by atoms with E-state index in [2.05, 4.69) is 33.7 Å². The van der Waals surface area contributed by atoms with E-state index in [1.165, 1.54) is 0 Å². The van der Waals surface area contributed by atoms with Crippen LogP contribution in [0.15, 0.2) is 22.7 Å². The molecule has 122 valence electrons. The summed E-state index contributed by atoms with van der Waals surface area (Å²) in [7, 11) is 0. The molecule has 22 heavy (non-hydrogen) atoms. The van der Waals surface area contributed by atoms with Crippen molar-refractivity contribution >= 4 is 39.3 Å². The standard InChI is InChI=1S/C15H20BrClN2O3/c1-3-4-5-6-14(20)18-19-15(21)10(2)22-13-8-7-11(17)9-12(13)16/h7-10H,3-6H2,1-2H3,(H,18,20)(H,19,21). The lowest BCUT2D eigenvalue weighted by molar-refractivity contribution is -0.132. The molecule has 2 N–H and O–H groups in total. The highest BCUT2D eigenvalue weighted by molar-refractivity contribution is 9.10. The number of hydrazine groups is 1. The van der Waals surface area contributed by atoms with Crippen LogP contribution in [0.25, 0.3) is 0 Å². The molecule has 0 aliphatic heterocycles. The Hall–Kier alpha value is -1.27. The molecule has 5 nitrogen and oxygen atoms in total.